The summed E-state index contributed by atoms with van der Waals surface area (Å²) in [7, 11) is 0. The molecule has 0 atom stereocenters. The number of alkyl halides is 1. The van der Waals surface area contributed by atoms with E-state index in [9.17, 15) is 0 Å². The Morgan fingerprint density at radius 1 is 1.47 bits per heavy atom. The van der Waals surface area contributed by atoms with Crippen molar-refractivity contribution in [3.8, 4) is 0 Å². The summed E-state index contributed by atoms with van der Waals surface area (Å²) in [6.45, 7) is 4.75. The Morgan fingerprint density at radius 3 is 2.82 bits per heavy atom. The molecule has 1 aliphatic heterocycles. The van der Waals surface area contributed by atoms with Gasteiger partial charge in [-0.3, -0.25) is 0 Å². The predicted molar refractivity (Wildman–Crippen MR) is 71.2 cm³/mol. The average molecular weight is 276 g/mol. The molecule has 1 aromatic rings. The van der Waals surface area contributed by atoms with Gasteiger partial charge in [0, 0.05) is 36.9 Å². The third-order valence-electron chi connectivity index (χ3n) is 2.92. The Balaban J connectivity index is 1.82. The molecule has 96 valence electrons. The number of halogens is 1. The van der Waals surface area contributed by atoms with E-state index in [4.69, 9.17) is 16.3 Å². The van der Waals surface area contributed by atoms with Crippen LogP contribution in [0.4, 0.5) is 5.13 Å². The number of aryl methyl sites for hydroxylation is 1. The van der Waals surface area contributed by atoms with Crippen LogP contribution < -0.4 is 4.90 Å². The van der Waals surface area contributed by atoms with Gasteiger partial charge in [0.2, 0.25) is 5.13 Å². The summed E-state index contributed by atoms with van der Waals surface area (Å²) >= 11 is 7.11. The Morgan fingerprint density at radius 2 is 2.24 bits per heavy atom. The molecule has 1 aromatic heterocycles. The second-order valence-corrected chi connectivity index (χ2v) is 5.20. The van der Waals surface area contributed by atoms with Gasteiger partial charge in [0.1, 0.15) is 5.82 Å². The highest BCUT2D eigenvalue weighted by Crippen LogP contribution is 2.23. The minimum Gasteiger partial charge on any atom is -0.377 e. The van der Waals surface area contributed by atoms with Gasteiger partial charge >= 0.3 is 0 Å². The molecule has 2 heterocycles. The second-order valence-electron chi connectivity index (χ2n) is 4.09. The van der Waals surface area contributed by atoms with Gasteiger partial charge in [0.25, 0.3) is 0 Å². The van der Waals surface area contributed by atoms with Crippen LogP contribution in [0, 0.1) is 0 Å². The van der Waals surface area contributed by atoms with Gasteiger partial charge in [0.15, 0.2) is 0 Å². The van der Waals surface area contributed by atoms with Crippen molar-refractivity contribution >= 4 is 28.3 Å². The average Bonchev–Trinajstić information content (AvgIpc) is 2.86. The molecule has 2 rings (SSSR count). The number of rotatable bonds is 5. The van der Waals surface area contributed by atoms with Crippen molar-refractivity contribution in [3.05, 3.63) is 5.82 Å². The number of anilines is 1. The third-order valence-corrected chi connectivity index (χ3v) is 3.89. The van der Waals surface area contributed by atoms with Crippen molar-refractivity contribution in [2.75, 3.05) is 30.5 Å². The normalized spacial score (nSPS) is 17.6. The van der Waals surface area contributed by atoms with Crippen LogP contribution in [0.15, 0.2) is 0 Å². The maximum Gasteiger partial charge on any atom is 0.205 e. The minimum absolute atomic E-state index is 0.364. The van der Waals surface area contributed by atoms with Gasteiger partial charge < -0.3 is 9.64 Å². The predicted octanol–water partition coefficient (Wildman–Crippen LogP) is 2.32. The number of piperidine rings is 1. The lowest BCUT2D eigenvalue weighted by Crippen LogP contribution is -2.37. The van der Waals surface area contributed by atoms with Crippen molar-refractivity contribution < 1.29 is 4.74 Å². The first-order valence-electron chi connectivity index (χ1n) is 6.08. The summed E-state index contributed by atoms with van der Waals surface area (Å²) in [6, 6.07) is 0. The molecule has 0 aliphatic carbocycles. The van der Waals surface area contributed by atoms with Crippen molar-refractivity contribution in [1.82, 2.24) is 9.36 Å². The molecule has 1 aliphatic rings. The first-order valence-corrected chi connectivity index (χ1v) is 7.39. The molecule has 0 bridgehead atoms. The summed E-state index contributed by atoms with van der Waals surface area (Å²) in [5, 5.41) is 1.05. The Labute approximate surface area is 111 Å². The molecular formula is C11H18ClN3OS. The second kappa shape index (κ2) is 6.52. The van der Waals surface area contributed by atoms with E-state index < -0.39 is 0 Å². The number of nitrogens with zero attached hydrogens (tertiary/aromatic N) is 3. The maximum absolute atomic E-state index is 5.65. The van der Waals surface area contributed by atoms with E-state index in [1.165, 1.54) is 11.5 Å². The van der Waals surface area contributed by atoms with E-state index in [0.29, 0.717) is 18.6 Å². The van der Waals surface area contributed by atoms with Crippen LogP contribution in [-0.4, -0.2) is 41.0 Å². The fourth-order valence-corrected chi connectivity index (χ4v) is 2.83. The summed E-state index contributed by atoms with van der Waals surface area (Å²) in [5.74, 6) is 1.53. The molecule has 0 radical (unpaired) electrons. The van der Waals surface area contributed by atoms with Crippen LogP contribution in [0.5, 0.6) is 0 Å². The topological polar surface area (TPSA) is 38.2 Å². The number of hydrogen-bond donors (Lipinski definition) is 0. The monoisotopic (exact) mass is 275 g/mol. The highest BCUT2D eigenvalue weighted by Gasteiger charge is 2.21. The van der Waals surface area contributed by atoms with Gasteiger partial charge in [-0.25, -0.2) is 4.98 Å². The minimum atomic E-state index is 0.364. The maximum atomic E-state index is 5.65. The molecule has 0 saturated carbocycles. The third kappa shape index (κ3) is 3.53. The SMILES string of the molecule is CCc1nsc(N2CCC(OCCCl)CC2)n1. The van der Waals surface area contributed by atoms with Crippen molar-refractivity contribution in [1.29, 1.82) is 0 Å². The highest BCUT2D eigenvalue weighted by atomic mass is 35.5. The summed E-state index contributed by atoms with van der Waals surface area (Å²) in [6.07, 6.45) is 3.38. The van der Waals surface area contributed by atoms with E-state index in [1.807, 2.05) is 0 Å². The van der Waals surface area contributed by atoms with Crippen LogP contribution in [0.2, 0.25) is 0 Å². The van der Waals surface area contributed by atoms with Crippen molar-refractivity contribution in [2.24, 2.45) is 0 Å². The van der Waals surface area contributed by atoms with E-state index in [1.54, 1.807) is 0 Å². The molecule has 6 heteroatoms. The van der Waals surface area contributed by atoms with E-state index in [2.05, 4.69) is 21.2 Å². The molecule has 0 spiro atoms. The van der Waals surface area contributed by atoms with Crippen LogP contribution in [-0.2, 0) is 11.2 Å². The fraction of sp³-hybridized carbons (Fsp3) is 0.818. The highest BCUT2D eigenvalue weighted by molar-refractivity contribution is 7.09. The van der Waals surface area contributed by atoms with E-state index in [-0.39, 0.29) is 0 Å². The molecule has 1 fully saturated rings. The molecule has 1 saturated heterocycles. The zero-order valence-electron chi connectivity index (χ0n) is 10.1. The molecule has 0 amide bonds. The summed E-state index contributed by atoms with van der Waals surface area (Å²) in [4.78, 5) is 6.81. The lowest BCUT2D eigenvalue weighted by Gasteiger charge is -2.31. The van der Waals surface area contributed by atoms with Gasteiger partial charge in [-0.2, -0.15) is 4.37 Å². The van der Waals surface area contributed by atoms with Crippen molar-refractivity contribution in [2.45, 2.75) is 32.3 Å². The fourth-order valence-electron chi connectivity index (χ4n) is 1.94. The smallest absolute Gasteiger partial charge is 0.205 e. The van der Waals surface area contributed by atoms with E-state index >= 15 is 0 Å². The molecule has 17 heavy (non-hydrogen) atoms. The number of aromatic nitrogens is 2. The quantitative estimate of drug-likeness (QED) is 0.773. The van der Waals surface area contributed by atoms with Gasteiger partial charge in [-0.1, -0.05) is 6.92 Å². The summed E-state index contributed by atoms with van der Waals surface area (Å²) in [5.41, 5.74) is 0. The Bertz CT molecular complexity index is 339. The molecular weight excluding hydrogens is 258 g/mol. The Kier molecular flexibility index (Phi) is 5.00. The number of ether oxygens (including phenoxy) is 1. The van der Waals surface area contributed by atoms with Gasteiger partial charge in [0.05, 0.1) is 12.7 Å². The largest absolute Gasteiger partial charge is 0.377 e. The van der Waals surface area contributed by atoms with Crippen LogP contribution >= 0.6 is 23.1 Å². The van der Waals surface area contributed by atoms with Gasteiger partial charge in [-0.05, 0) is 12.8 Å². The first-order chi connectivity index (χ1) is 8.33. The zero-order chi connectivity index (χ0) is 12.1. The molecule has 0 N–H and O–H groups in total. The van der Waals surface area contributed by atoms with Crippen LogP contribution in [0.3, 0.4) is 0 Å². The van der Waals surface area contributed by atoms with Crippen LogP contribution in [0.25, 0.3) is 0 Å². The lowest BCUT2D eigenvalue weighted by atomic mass is 10.1. The number of hydrogen-bond acceptors (Lipinski definition) is 5. The van der Waals surface area contributed by atoms with E-state index in [0.717, 1.165) is 43.3 Å². The standard InChI is InChI=1S/C11H18ClN3OS/c1-2-10-13-11(17-14-10)15-6-3-9(4-7-15)16-8-5-12/h9H,2-8H2,1H3. The summed E-state index contributed by atoms with van der Waals surface area (Å²) < 4.78 is 9.97. The van der Waals surface area contributed by atoms with Crippen LogP contribution in [0.1, 0.15) is 25.6 Å². The molecule has 4 nitrogen and oxygen atoms in total. The zero-order valence-corrected chi connectivity index (χ0v) is 11.6. The van der Waals surface area contributed by atoms with Crippen molar-refractivity contribution in [3.63, 3.8) is 0 Å². The first kappa shape index (κ1) is 13.1. The van der Waals surface area contributed by atoms with Gasteiger partial charge in [-0.15, -0.1) is 11.6 Å². The lowest BCUT2D eigenvalue weighted by molar-refractivity contribution is 0.0472. The Hall–Kier alpha value is -0.390. The molecule has 0 unspecified atom stereocenters. The molecule has 0 aromatic carbocycles.